The number of benzene rings is 1. The van der Waals surface area contributed by atoms with E-state index in [2.05, 4.69) is 20.2 Å². The molecule has 4 rings (SSSR count). The van der Waals surface area contributed by atoms with E-state index in [1.807, 2.05) is 19.1 Å². The molecule has 1 amide bonds. The summed E-state index contributed by atoms with van der Waals surface area (Å²) >= 11 is 5.93. The number of carbonyl (C=O) groups excluding carboxylic acids is 1. The summed E-state index contributed by atoms with van der Waals surface area (Å²) in [6.07, 6.45) is 7.26. The number of aromatic nitrogens is 4. The van der Waals surface area contributed by atoms with Gasteiger partial charge in [0.1, 0.15) is 5.69 Å². The number of aryl methyl sites for hydroxylation is 1. The highest BCUT2D eigenvalue weighted by atomic mass is 35.5. The lowest BCUT2D eigenvalue weighted by molar-refractivity contribution is 0.0638. The minimum atomic E-state index is -0.161. The van der Waals surface area contributed by atoms with Gasteiger partial charge in [-0.2, -0.15) is 0 Å². The highest BCUT2D eigenvalue weighted by Crippen LogP contribution is 2.27. The third-order valence-corrected chi connectivity index (χ3v) is 5.14. The molecule has 0 atom stereocenters. The van der Waals surface area contributed by atoms with Gasteiger partial charge in [0.15, 0.2) is 0 Å². The minimum Gasteiger partial charge on any atom is -0.419 e. The Morgan fingerprint density at radius 1 is 1.14 bits per heavy atom. The van der Waals surface area contributed by atoms with Crippen LogP contribution in [0.25, 0.3) is 11.5 Å². The van der Waals surface area contributed by atoms with Crippen LogP contribution in [0.1, 0.15) is 47.8 Å². The van der Waals surface area contributed by atoms with Gasteiger partial charge in [0.25, 0.3) is 5.91 Å². The molecule has 3 aromatic rings. The Labute approximate surface area is 167 Å². The third kappa shape index (κ3) is 4.04. The molecule has 1 saturated carbocycles. The summed E-state index contributed by atoms with van der Waals surface area (Å²) in [5.74, 6) is 0.636. The van der Waals surface area contributed by atoms with E-state index in [0.29, 0.717) is 22.5 Å². The van der Waals surface area contributed by atoms with E-state index in [0.717, 1.165) is 36.9 Å². The summed E-state index contributed by atoms with van der Waals surface area (Å²) in [6.45, 7) is 2.09. The van der Waals surface area contributed by atoms with Gasteiger partial charge in [0, 0.05) is 22.8 Å². The summed E-state index contributed by atoms with van der Waals surface area (Å²) < 4.78 is 5.81. The average Bonchev–Trinajstić information content (AvgIpc) is 3.39. The number of hydrogen-bond acceptors (Lipinski definition) is 6. The molecule has 1 aromatic carbocycles. The summed E-state index contributed by atoms with van der Waals surface area (Å²) in [4.78, 5) is 23.3. The molecular formula is C20H20ClN5O2. The van der Waals surface area contributed by atoms with Crippen molar-refractivity contribution in [1.29, 1.82) is 0 Å². The molecule has 0 aliphatic heterocycles. The molecule has 8 heteroatoms. The number of amides is 1. The Bertz CT molecular complexity index is 949. The van der Waals surface area contributed by atoms with Crippen molar-refractivity contribution >= 4 is 17.5 Å². The minimum absolute atomic E-state index is 0.140. The lowest BCUT2D eigenvalue weighted by atomic mass is 10.2. The van der Waals surface area contributed by atoms with Crippen molar-refractivity contribution in [2.75, 3.05) is 0 Å². The summed E-state index contributed by atoms with van der Waals surface area (Å²) in [7, 11) is 0. The monoisotopic (exact) mass is 397 g/mol. The van der Waals surface area contributed by atoms with Crippen molar-refractivity contribution in [2.24, 2.45) is 0 Å². The van der Waals surface area contributed by atoms with Gasteiger partial charge < -0.3 is 9.32 Å². The van der Waals surface area contributed by atoms with Crippen LogP contribution >= 0.6 is 11.6 Å². The number of rotatable bonds is 5. The second-order valence-electron chi connectivity index (χ2n) is 6.92. The van der Waals surface area contributed by atoms with Crippen LogP contribution in [0.5, 0.6) is 0 Å². The Morgan fingerprint density at radius 2 is 1.89 bits per heavy atom. The fraction of sp³-hybridized carbons (Fsp3) is 0.350. The van der Waals surface area contributed by atoms with Crippen molar-refractivity contribution in [1.82, 2.24) is 25.1 Å². The Balaban J connectivity index is 1.57. The predicted molar refractivity (Wildman–Crippen MR) is 104 cm³/mol. The van der Waals surface area contributed by atoms with Gasteiger partial charge in [0.2, 0.25) is 11.8 Å². The molecule has 0 N–H and O–H groups in total. The zero-order chi connectivity index (χ0) is 19.5. The maximum absolute atomic E-state index is 13.1. The van der Waals surface area contributed by atoms with E-state index in [1.54, 1.807) is 23.2 Å². The van der Waals surface area contributed by atoms with Crippen molar-refractivity contribution in [3.63, 3.8) is 0 Å². The second-order valence-corrected chi connectivity index (χ2v) is 7.36. The molecule has 7 nitrogen and oxygen atoms in total. The van der Waals surface area contributed by atoms with Crippen molar-refractivity contribution in [3.8, 4) is 11.5 Å². The maximum atomic E-state index is 13.1. The van der Waals surface area contributed by atoms with Gasteiger partial charge in [-0.3, -0.25) is 9.78 Å². The molecule has 1 aliphatic carbocycles. The van der Waals surface area contributed by atoms with Crippen LogP contribution < -0.4 is 0 Å². The molecule has 0 bridgehead atoms. The van der Waals surface area contributed by atoms with Crippen LogP contribution in [0, 0.1) is 6.92 Å². The van der Waals surface area contributed by atoms with E-state index in [9.17, 15) is 4.79 Å². The highest BCUT2D eigenvalue weighted by Gasteiger charge is 2.30. The number of halogens is 1. The van der Waals surface area contributed by atoms with Gasteiger partial charge in [-0.1, -0.05) is 24.4 Å². The zero-order valence-electron chi connectivity index (χ0n) is 15.5. The van der Waals surface area contributed by atoms with Crippen LogP contribution in [0.3, 0.4) is 0 Å². The molecular weight excluding hydrogens is 378 g/mol. The van der Waals surface area contributed by atoms with Gasteiger partial charge >= 0.3 is 0 Å². The highest BCUT2D eigenvalue weighted by molar-refractivity contribution is 6.30. The zero-order valence-corrected chi connectivity index (χ0v) is 16.3. The van der Waals surface area contributed by atoms with Crippen LogP contribution in [0.15, 0.2) is 41.1 Å². The van der Waals surface area contributed by atoms with E-state index in [1.165, 1.54) is 6.20 Å². The van der Waals surface area contributed by atoms with Gasteiger partial charge in [-0.15, -0.1) is 10.2 Å². The molecule has 28 heavy (non-hydrogen) atoms. The molecule has 0 spiro atoms. The molecule has 2 aromatic heterocycles. The molecule has 144 valence electrons. The largest absolute Gasteiger partial charge is 0.419 e. The lowest BCUT2D eigenvalue weighted by Gasteiger charge is -2.27. The normalized spacial score (nSPS) is 14.4. The molecule has 0 saturated heterocycles. The third-order valence-electron chi connectivity index (χ3n) is 4.89. The van der Waals surface area contributed by atoms with E-state index in [4.69, 9.17) is 16.0 Å². The van der Waals surface area contributed by atoms with Crippen LogP contribution in [0.4, 0.5) is 0 Å². The quantitative estimate of drug-likeness (QED) is 0.645. The first kappa shape index (κ1) is 18.6. The van der Waals surface area contributed by atoms with Gasteiger partial charge in [-0.05, 0) is 44.0 Å². The van der Waals surface area contributed by atoms with E-state index in [-0.39, 0.29) is 18.5 Å². The predicted octanol–water partition coefficient (Wildman–Crippen LogP) is 4.07. The van der Waals surface area contributed by atoms with Crippen LogP contribution in [0.2, 0.25) is 5.02 Å². The van der Waals surface area contributed by atoms with Gasteiger partial charge in [0.05, 0.1) is 18.4 Å². The van der Waals surface area contributed by atoms with Crippen molar-refractivity contribution in [2.45, 2.75) is 45.2 Å². The first-order valence-corrected chi connectivity index (χ1v) is 9.66. The number of hydrogen-bond donors (Lipinski definition) is 0. The van der Waals surface area contributed by atoms with Crippen molar-refractivity contribution < 1.29 is 9.21 Å². The summed E-state index contributed by atoms with van der Waals surface area (Å²) in [5.41, 5.74) is 1.88. The first-order valence-electron chi connectivity index (χ1n) is 9.28. The van der Waals surface area contributed by atoms with E-state index < -0.39 is 0 Å². The Hall–Kier alpha value is -2.80. The molecule has 2 heterocycles. The SMILES string of the molecule is Cc1cnc(C(=O)N(Cc2nnc(-c3ccc(Cl)cc3)o2)C2CCCC2)cn1. The van der Waals surface area contributed by atoms with Crippen LogP contribution in [-0.4, -0.2) is 37.0 Å². The number of carbonyl (C=O) groups is 1. The molecule has 0 unspecified atom stereocenters. The molecule has 1 aliphatic rings. The fourth-order valence-electron chi connectivity index (χ4n) is 3.41. The maximum Gasteiger partial charge on any atom is 0.274 e. The smallest absolute Gasteiger partial charge is 0.274 e. The Morgan fingerprint density at radius 3 is 2.57 bits per heavy atom. The number of nitrogens with zero attached hydrogens (tertiary/aromatic N) is 5. The summed E-state index contributed by atoms with van der Waals surface area (Å²) in [5, 5.41) is 8.89. The second kappa shape index (κ2) is 8.06. The molecule has 1 fully saturated rings. The topological polar surface area (TPSA) is 85.0 Å². The van der Waals surface area contributed by atoms with Gasteiger partial charge in [-0.25, -0.2) is 4.98 Å². The van der Waals surface area contributed by atoms with Crippen LogP contribution in [-0.2, 0) is 6.54 Å². The van der Waals surface area contributed by atoms with Crippen molar-refractivity contribution in [3.05, 3.63) is 59.0 Å². The standard InChI is InChI=1S/C20H20ClN5O2/c1-13-10-23-17(11-22-13)20(27)26(16-4-2-3-5-16)12-18-24-25-19(28-18)14-6-8-15(21)9-7-14/h6-11,16H,2-5,12H2,1H3. The molecule has 0 radical (unpaired) electrons. The summed E-state index contributed by atoms with van der Waals surface area (Å²) in [6, 6.07) is 7.32. The lowest BCUT2D eigenvalue weighted by Crippen LogP contribution is -2.38. The average molecular weight is 398 g/mol. The fourth-order valence-corrected chi connectivity index (χ4v) is 3.53. The first-order chi connectivity index (χ1) is 13.6. The Kier molecular flexibility index (Phi) is 5.34. The van der Waals surface area contributed by atoms with E-state index >= 15 is 0 Å².